The molecule has 0 unspecified atom stereocenters. The van der Waals surface area contributed by atoms with E-state index < -0.39 is 0 Å². The van der Waals surface area contributed by atoms with Gasteiger partial charge < -0.3 is 15.5 Å². The van der Waals surface area contributed by atoms with Crippen molar-refractivity contribution in [1.29, 1.82) is 0 Å². The Hall–Kier alpha value is -2.37. The topological polar surface area (TPSA) is 78.5 Å². The second-order valence-corrected chi connectivity index (χ2v) is 7.59. The van der Waals surface area contributed by atoms with E-state index in [-0.39, 0.29) is 42.0 Å². The number of para-hydroxylation sites is 1. The molecule has 1 aromatic carbocycles. The summed E-state index contributed by atoms with van der Waals surface area (Å²) in [6.07, 6.45) is 0.548. The zero-order valence-electron chi connectivity index (χ0n) is 15.4. The van der Waals surface area contributed by atoms with E-state index in [1.54, 1.807) is 11.9 Å². The number of hydrogen-bond acceptors (Lipinski definition) is 3. The Morgan fingerprint density at radius 1 is 1.16 bits per heavy atom. The number of hydrogen-bond donors (Lipinski definition) is 2. The second-order valence-electron chi connectivity index (χ2n) is 7.59. The summed E-state index contributed by atoms with van der Waals surface area (Å²) in [6, 6.07) is 7.54. The number of rotatable bonds is 5. The van der Waals surface area contributed by atoms with Crippen LogP contribution in [0.2, 0.25) is 0 Å². The van der Waals surface area contributed by atoms with Crippen molar-refractivity contribution >= 4 is 23.4 Å². The molecule has 1 aliphatic rings. The number of carbonyl (C=O) groups is 3. The Labute approximate surface area is 149 Å². The average molecular weight is 345 g/mol. The van der Waals surface area contributed by atoms with E-state index in [2.05, 4.69) is 31.4 Å². The van der Waals surface area contributed by atoms with Crippen molar-refractivity contribution in [3.05, 3.63) is 29.8 Å². The summed E-state index contributed by atoms with van der Waals surface area (Å²) in [5, 5.41) is 5.71. The first-order chi connectivity index (χ1) is 11.7. The zero-order valence-corrected chi connectivity index (χ0v) is 15.4. The minimum absolute atomic E-state index is 0.0295. The molecule has 1 saturated heterocycles. The van der Waals surface area contributed by atoms with E-state index in [0.29, 0.717) is 13.0 Å². The molecule has 0 saturated carbocycles. The van der Waals surface area contributed by atoms with Crippen LogP contribution in [-0.2, 0) is 19.8 Å². The molecule has 2 rings (SSSR count). The predicted octanol–water partition coefficient (Wildman–Crippen LogP) is 2.05. The highest BCUT2D eigenvalue weighted by atomic mass is 16.2. The highest BCUT2D eigenvalue weighted by Gasteiger charge is 2.27. The fraction of sp³-hybridized carbons (Fsp3) is 0.526. The van der Waals surface area contributed by atoms with Crippen LogP contribution in [0.4, 0.5) is 5.69 Å². The Morgan fingerprint density at radius 3 is 2.40 bits per heavy atom. The van der Waals surface area contributed by atoms with Crippen LogP contribution in [-0.4, -0.2) is 42.3 Å². The molecule has 1 aliphatic heterocycles. The number of anilines is 1. The minimum Gasteiger partial charge on any atom is -0.351 e. The van der Waals surface area contributed by atoms with Crippen molar-refractivity contribution in [2.75, 3.05) is 18.9 Å². The third-order valence-corrected chi connectivity index (χ3v) is 4.29. The van der Waals surface area contributed by atoms with Gasteiger partial charge >= 0.3 is 0 Å². The largest absolute Gasteiger partial charge is 0.351 e. The fourth-order valence-corrected chi connectivity index (χ4v) is 2.95. The molecule has 0 aromatic heterocycles. The number of likely N-dealkylation sites (N-methyl/N-ethyl adjacent to an activating group) is 1. The highest BCUT2D eigenvalue weighted by Crippen LogP contribution is 2.29. The predicted molar refractivity (Wildman–Crippen MR) is 97.2 cm³/mol. The van der Waals surface area contributed by atoms with Gasteiger partial charge in [0.15, 0.2) is 0 Å². The monoisotopic (exact) mass is 345 g/mol. The van der Waals surface area contributed by atoms with E-state index in [9.17, 15) is 14.4 Å². The number of likely N-dealkylation sites (tertiary alicyclic amines) is 1. The smallest absolute Gasteiger partial charge is 0.224 e. The van der Waals surface area contributed by atoms with E-state index in [1.165, 1.54) is 0 Å². The van der Waals surface area contributed by atoms with Crippen molar-refractivity contribution in [2.45, 2.75) is 51.5 Å². The van der Waals surface area contributed by atoms with E-state index in [1.807, 2.05) is 24.3 Å². The van der Waals surface area contributed by atoms with Crippen LogP contribution in [0, 0.1) is 0 Å². The van der Waals surface area contributed by atoms with Crippen LogP contribution >= 0.6 is 0 Å². The number of nitrogens with one attached hydrogen (secondary N) is 2. The third kappa shape index (κ3) is 5.31. The maximum atomic E-state index is 12.2. The van der Waals surface area contributed by atoms with Gasteiger partial charge in [-0.15, -0.1) is 0 Å². The van der Waals surface area contributed by atoms with Crippen LogP contribution in [0.5, 0.6) is 0 Å². The zero-order chi connectivity index (χ0) is 18.6. The van der Waals surface area contributed by atoms with Crippen molar-refractivity contribution in [3.63, 3.8) is 0 Å². The van der Waals surface area contributed by atoms with Crippen molar-refractivity contribution in [1.82, 2.24) is 10.2 Å². The number of nitrogens with zero attached hydrogens (tertiary/aromatic N) is 1. The van der Waals surface area contributed by atoms with Crippen molar-refractivity contribution < 1.29 is 14.4 Å². The van der Waals surface area contributed by atoms with E-state index in [4.69, 9.17) is 0 Å². The normalized spacial score (nSPS) is 17.5. The maximum absolute atomic E-state index is 12.2. The van der Waals surface area contributed by atoms with Crippen molar-refractivity contribution in [3.8, 4) is 0 Å². The molecule has 1 aromatic rings. The summed E-state index contributed by atoms with van der Waals surface area (Å²) in [7, 11) is 1.72. The Kier molecular flexibility index (Phi) is 5.82. The lowest BCUT2D eigenvalue weighted by atomic mass is 9.86. The number of amides is 3. The first-order valence-corrected chi connectivity index (χ1v) is 8.59. The standard InChI is InChI=1S/C19H27N3O3/c1-19(2,3)14-7-5-6-8-15(14)21-17(24)10-9-16(23)20-13-11-18(25)22(4)12-13/h5-8,13H,9-12H2,1-4H3,(H,20,23)(H,21,24)/t13-/m1/s1. The van der Waals surface area contributed by atoms with E-state index >= 15 is 0 Å². The summed E-state index contributed by atoms with van der Waals surface area (Å²) in [4.78, 5) is 37.2. The molecule has 3 amide bonds. The van der Waals surface area contributed by atoms with Gasteiger partial charge in [0.25, 0.3) is 0 Å². The van der Waals surface area contributed by atoms with Gasteiger partial charge in [0.2, 0.25) is 17.7 Å². The first kappa shape index (κ1) is 19.0. The van der Waals surface area contributed by atoms with Gasteiger partial charge in [0, 0.05) is 38.5 Å². The Balaban J connectivity index is 1.83. The molecule has 1 atom stereocenters. The molecule has 0 spiro atoms. The van der Waals surface area contributed by atoms with Gasteiger partial charge in [-0.3, -0.25) is 14.4 Å². The molecule has 0 aliphatic carbocycles. The van der Waals surface area contributed by atoms with Gasteiger partial charge in [-0.1, -0.05) is 39.0 Å². The lowest BCUT2D eigenvalue weighted by molar-refractivity contribution is -0.126. The summed E-state index contributed by atoms with van der Waals surface area (Å²) < 4.78 is 0. The number of benzene rings is 1. The molecule has 0 bridgehead atoms. The summed E-state index contributed by atoms with van der Waals surface area (Å²) in [5.41, 5.74) is 1.76. The molecular formula is C19H27N3O3. The third-order valence-electron chi connectivity index (χ3n) is 4.29. The van der Waals surface area contributed by atoms with Crippen LogP contribution < -0.4 is 10.6 Å². The first-order valence-electron chi connectivity index (χ1n) is 8.59. The minimum atomic E-state index is -0.202. The average Bonchev–Trinajstić information content (AvgIpc) is 2.82. The molecule has 0 radical (unpaired) electrons. The highest BCUT2D eigenvalue weighted by molar-refractivity contribution is 5.94. The lowest BCUT2D eigenvalue weighted by Gasteiger charge is -2.23. The lowest BCUT2D eigenvalue weighted by Crippen LogP contribution is -2.36. The number of carbonyl (C=O) groups excluding carboxylic acids is 3. The summed E-state index contributed by atoms with van der Waals surface area (Å²) >= 11 is 0. The molecule has 2 N–H and O–H groups in total. The molecule has 25 heavy (non-hydrogen) atoms. The molecular weight excluding hydrogens is 318 g/mol. The molecule has 1 fully saturated rings. The molecule has 136 valence electrons. The molecule has 6 heteroatoms. The SMILES string of the molecule is CN1C[C@H](NC(=O)CCC(=O)Nc2ccccc2C(C)(C)C)CC1=O. The maximum Gasteiger partial charge on any atom is 0.224 e. The summed E-state index contributed by atoms with van der Waals surface area (Å²) in [5.74, 6) is -0.361. The summed E-state index contributed by atoms with van der Waals surface area (Å²) in [6.45, 7) is 6.79. The van der Waals surface area contributed by atoms with Gasteiger partial charge in [-0.05, 0) is 17.0 Å². The molecule has 1 heterocycles. The Morgan fingerprint density at radius 2 is 1.80 bits per heavy atom. The quantitative estimate of drug-likeness (QED) is 0.857. The van der Waals surface area contributed by atoms with Crippen LogP contribution in [0.15, 0.2) is 24.3 Å². The second kappa shape index (κ2) is 7.68. The van der Waals surface area contributed by atoms with Gasteiger partial charge in [-0.25, -0.2) is 0 Å². The van der Waals surface area contributed by atoms with Crippen LogP contribution in [0.25, 0.3) is 0 Å². The fourth-order valence-electron chi connectivity index (χ4n) is 2.95. The van der Waals surface area contributed by atoms with Gasteiger partial charge in [-0.2, -0.15) is 0 Å². The molecule has 6 nitrogen and oxygen atoms in total. The van der Waals surface area contributed by atoms with Crippen LogP contribution in [0.1, 0.15) is 45.6 Å². The van der Waals surface area contributed by atoms with Gasteiger partial charge in [0.1, 0.15) is 0 Å². The van der Waals surface area contributed by atoms with Crippen molar-refractivity contribution in [2.24, 2.45) is 0 Å². The van der Waals surface area contributed by atoms with Gasteiger partial charge in [0.05, 0.1) is 6.04 Å². The van der Waals surface area contributed by atoms with Crippen LogP contribution in [0.3, 0.4) is 0 Å². The Bertz CT molecular complexity index is 664. The van der Waals surface area contributed by atoms with E-state index in [0.717, 1.165) is 11.3 Å².